The minimum atomic E-state index is 0.730. The van der Waals surface area contributed by atoms with Gasteiger partial charge in [-0.25, -0.2) is 0 Å². The molecular formula is C12H19N3. The second kappa shape index (κ2) is 4.64. The molecule has 1 heterocycles. The summed E-state index contributed by atoms with van der Waals surface area (Å²) in [6.45, 7) is 2.42. The van der Waals surface area contributed by atoms with E-state index in [9.17, 15) is 0 Å². The number of nitrogens with zero attached hydrogens (tertiary/aromatic N) is 1. The number of benzene rings is 1. The van der Waals surface area contributed by atoms with Crippen LogP contribution in [0, 0.1) is 0 Å². The molecule has 0 aliphatic carbocycles. The number of nitrogens with one attached hydrogen (secondary N) is 1. The monoisotopic (exact) mass is 205 g/mol. The van der Waals surface area contributed by atoms with Gasteiger partial charge in [-0.1, -0.05) is 12.1 Å². The molecule has 1 aliphatic heterocycles. The van der Waals surface area contributed by atoms with Crippen LogP contribution in [0.15, 0.2) is 24.3 Å². The molecule has 3 nitrogen and oxygen atoms in total. The zero-order valence-electron chi connectivity index (χ0n) is 9.24. The van der Waals surface area contributed by atoms with E-state index < -0.39 is 0 Å². The molecule has 15 heavy (non-hydrogen) atoms. The Morgan fingerprint density at radius 1 is 1.20 bits per heavy atom. The molecule has 0 amide bonds. The van der Waals surface area contributed by atoms with E-state index in [1.54, 1.807) is 0 Å². The number of piperidine rings is 1. The lowest BCUT2D eigenvalue weighted by Gasteiger charge is -2.29. The van der Waals surface area contributed by atoms with Crippen molar-refractivity contribution in [1.82, 2.24) is 4.90 Å². The second-order valence-electron chi connectivity index (χ2n) is 4.34. The molecule has 0 aromatic heterocycles. The highest BCUT2D eigenvalue weighted by Crippen LogP contribution is 2.27. The Kier molecular flexibility index (Phi) is 3.23. The van der Waals surface area contributed by atoms with Crippen LogP contribution < -0.4 is 11.3 Å². The number of nitrogen functional groups attached to an aromatic ring is 1. The fraction of sp³-hybridized carbons (Fsp3) is 0.500. The quantitative estimate of drug-likeness (QED) is 0.571. The molecule has 1 fully saturated rings. The number of hydrazine groups is 1. The van der Waals surface area contributed by atoms with Crippen molar-refractivity contribution in [3.63, 3.8) is 0 Å². The van der Waals surface area contributed by atoms with Gasteiger partial charge >= 0.3 is 0 Å². The summed E-state index contributed by atoms with van der Waals surface area (Å²) in [6.07, 6.45) is 2.54. The van der Waals surface area contributed by atoms with Gasteiger partial charge in [-0.05, 0) is 56.6 Å². The third-order valence-corrected chi connectivity index (χ3v) is 3.27. The van der Waals surface area contributed by atoms with Gasteiger partial charge in [0.25, 0.3) is 0 Å². The van der Waals surface area contributed by atoms with Crippen LogP contribution in [0.3, 0.4) is 0 Å². The topological polar surface area (TPSA) is 41.3 Å². The Labute approximate surface area is 91.2 Å². The Morgan fingerprint density at radius 3 is 2.33 bits per heavy atom. The number of rotatable bonds is 2. The lowest BCUT2D eigenvalue weighted by Crippen LogP contribution is -2.29. The van der Waals surface area contributed by atoms with Gasteiger partial charge in [0.2, 0.25) is 0 Å². The molecule has 82 valence electrons. The number of hydrogen-bond donors (Lipinski definition) is 2. The Morgan fingerprint density at radius 2 is 1.80 bits per heavy atom. The highest BCUT2D eigenvalue weighted by atomic mass is 15.2. The van der Waals surface area contributed by atoms with E-state index in [1.165, 1.54) is 31.5 Å². The first-order valence-electron chi connectivity index (χ1n) is 5.54. The number of nitrogens with two attached hydrogens (primary N) is 1. The molecule has 1 aliphatic rings. The van der Waals surface area contributed by atoms with Crippen molar-refractivity contribution in [2.75, 3.05) is 25.6 Å². The average molecular weight is 205 g/mol. The van der Waals surface area contributed by atoms with E-state index in [-0.39, 0.29) is 0 Å². The summed E-state index contributed by atoms with van der Waals surface area (Å²) < 4.78 is 0. The van der Waals surface area contributed by atoms with E-state index in [2.05, 4.69) is 29.5 Å². The summed E-state index contributed by atoms with van der Waals surface area (Å²) in [6, 6.07) is 8.47. The van der Waals surface area contributed by atoms with E-state index in [0.717, 1.165) is 11.6 Å². The van der Waals surface area contributed by atoms with Crippen LogP contribution in [0.1, 0.15) is 24.3 Å². The highest BCUT2D eigenvalue weighted by molar-refractivity contribution is 5.44. The minimum Gasteiger partial charge on any atom is -0.324 e. The molecule has 0 atom stereocenters. The van der Waals surface area contributed by atoms with E-state index in [0.29, 0.717) is 0 Å². The maximum Gasteiger partial charge on any atom is 0.0485 e. The fourth-order valence-electron chi connectivity index (χ4n) is 2.19. The molecule has 1 aromatic rings. The van der Waals surface area contributed by atoms with E-state index in [1.807, 2.05) is 12.1 Å². The van der Waals surface area contributed by atoms with Crippen molar-refractivity contribution in [3.8, 4) is 0 Å². The SMILES string of the molecule is CN1CCC(c2ccc(NN)cc2)CC1. The largest absolute Gasteiger partial charge is 0.324 e. The third kappa shape index (κ3) is 2.49. The summed E-state index contributed by atoms with van der Waals surface area (Å²) in [5.41, 5.74) is 5.08. The van der Waals surface area contributed by atoms with Gasteiger partial charge in [0.1, 0.15) is 0 Å². The second-order valence-corrected chi connectivity index (χ2v) is 4.34. The predicted molar refractivity (Wildman–Crippen MR) is 63.7 cm³/mol. The molecular weight excluding hydrogens is 186 g/mol. The molecule has 1 aromatic carbocycles. The molecule has 0 bridgehead atoms. The Balaban J connectivity index is 2.03. The van der Waals surface area contributed by atoms with Crippen LogP contribution in [0.4, 0.5) is 5.69 Å². The molecule has 0 spiro atoms. The number of likely N-dealkylation sites (tertiary alicyclic amines) is 1. The van der Waals surface area contributed by atoms with Crippen LogP contribution in [0.25, 0.3) is 0 Å². The third-order valence-electron chi connectivity index (χ3n) is 3.27. The number of anilines is 1. The normalized spacial score (nSPS) is 19.1. The Bertz CT molecular complexity index is 299. The Hall–Kier alpha value is -1.06. The molecule has 2 rings (SSSR count). The summed E-state index contributed by atoms with van der Waals surface area (Å²) in [5.74, 6) is 6.07. The molecule has 3 N–H and O–H groups in total. The van der Waals surface area contributed by atoms with E-state index >= 15 is 0 Å². The first-order valence-corrected chi connectivity index (χ1v) is 5.54. The molecule has 0 radical (unpaired) electrons. The maximum absolute atomic E-state index is 5.34. The molecule has 0 unspecified atom stereocenters. The smallest absolute Gasteiger partial charge is 0.0485 e. The van der Waals surface area contributed by atoms with Gasteiger partial charge in [-0.15, -0.1) is 0 Å². The van der Waals surface area contributed by atoms with Crippen LogP contribution >= 0.6 is 0 Å². The minimum absolute atomic E-state index is 0.730. The van der Waals surface area contributed by atoms with Crippen molar-refractivity contribution in [2.24, 2.45) is 5.84 Å². The lowest BCUT2D eigenvalue weighted by molar-refractivity contribution is 0.255. The summed E-state index contributed by atoms with van der Waals surface area (Å²) in [5, 5.41) is 0. The van der Waals surface area contributed by atoms with Crippen molar-refractivity contribution < 1.29 is 0 Å². The van der Waals surface area contributed by atoms with Gasteiger partial charge in [-0.3, -0.25) is 5.84 Å². The first-order chi connectivity index (χ1) is 7.29. The van der Waals surface area contributed by atoms with Gasteiger partial charge in [0, 0.05) is 5.69 Å². The summed E-state index contributed by atoms with van der Waals surface area (Å²) >= 11 is 0. The van der Waals surface area contributed by atoms with Gasteiger partial charge in [0.05, 0.1) is 0 Å². The van der Waals surface area contributed by atoms with Gasteiger partial charge in [0.15, 0.2) is 0 Å². The molecule has 3 heteroatoms. The standard InChI is InChI=1S/C12H19N3/c1-15-8-6-11(7-9-15)10-2-4-12(14-13)5-3-10/h2-5,11,14H,6-9,13H2,1H3. The van der Waals surface area contributed by atoms with Gasteiger partial charge < -0.3 is 10.3 Å². The fourth-order valence-corrected chi connectivity index (χ4v) is 2.19. The van der Waals surface area contributed by atoms with Crippen molar-refractivity contribution in [1.29, 1.82) is 0 Å². The van der Waals surface area contributed by atoms with Crippen molar-refractivity contribution in [2.45, 2.75) is 18.8 Å². The van der Waals surface area contributed by atoms with Crippen molar-refractivity contribution >= 4 is 5.69 Å². The van der Waals surface area contributed by atoms with E-state index in [4.69, 9.17) is 5.84 Å². The van der Waals surface area contributed by atoms with Gasteiger partial charge in [-0.2, -0.15) is 0 Å². The first kappa shape index (κ1) is 10.5. The average Bonchev–Trinajstić information content (AvgIpc) is 2.30. The molecule has 0 saturated carbocycles. The zero-order chi connectivity index (χ0) is 10.7. The van der Waals surface area contributed by atoms with Crippen LogP contribution in [0.5, 0.6) is 0 Å². The predicted octanol–water partition coefficient (Wildman–Crippen LogP) is 1.78. The molecule has 1 saturated heterocycles. The van der Waals surface area contributed by atoms with Crippen LogP contribution in [-0.2, 0) is 0 Å². The van der Waals surface area contributed by atoms with Crippen molar-refractivity contribution in [3.05, 3.63) is 29.8 Å². The highest BCUT2D eigenvalue weighted by Gasteiger charge is 2.17. The summed E-state index contributed by atoms with van der Waals surface area (Å²) in [4.78, 5) is 2.40. The number of hydrogen-bond acceptors (Lipinski definition) is 3. The van der Waals surface area contributed by atoms with Crippen LogP contribution in [-0.4, -0.2) is 25.0 Å². The lowest BCUT2D eigenvalue weighted by atomic mass is 9.89. The van der Waals surface area contributed by atoms with Crippen LogP contribution in [0.2, 0.25) is 0 Å². The summed E-state index contributed by atoms with van der Waals surface area (Å²) in [7, 11) is 2.19. The zero-order valence-corrected chi connectivity index (χ0v) is 9.24. The maximum atomic E-state index is 5.34.